The first-order chi connectivity index (χ1) is 16.4. The molecule has 3 N–H and O–H groups in total. The van der Waals surface area contributed by atoms with Gasteiger partial charge in [0.05, 0.1) is 23.6 Å². The Labute approximate surface area is 200 Å². The molecule has 0 radical (unpaired) electrons. The van der Waals surface area contributed by atoms with Crippen LogP contribution in [0.2, 0.25) is 0 Å². The lowest BCUT2D eigenvalue weighted by Gasteiger charge is -2.33. The molecular weight excluding hydrogens is 458 g/mol. The summed E-state index contributed by atoms with van der Waals surface area (Å²) in [5, 5.41) is 23.2. The second-order valence-corrected chi connectivity index (χ2v) is 8.77. The molecule has 1 aliphatic heterocycles. The van der Waals surface area contributed by atoms with Crippen LogP contribution in [0, 0.1) is 6.92 Å². The Balaban J connectivity index is 1.71. The number of aliphatic hydroxyl groups is 1. The third kappa shape index (κ3) is 5.15. The number of thiazole rings is 1. The fourth-order valence-corrected chi connectivity index (χ4v) is 4.54. The number of aromatic carboxylic acids is 1. The maximum absolute atomic E-state index is 12.2. The first kappa shape index (κ1) is 23.6. The molecule has 1 aliphatic rings. The SMILES string of the molecule is CCOC(=O)c1sc(Nc2nc(-c3ccc(C(=O)O)cc3)cc(N3CCCCC3O)n2)nc1C. The third-order valence-electron chi connectivity index (χ3n) is 5.38. The minimum absolute atomic E-state index is 0.174. The average molecular weight is 484 g/mol. The maximum atomic E-state index is 12.2. The third-order valence-corrected chi connectivity index (χ3v) is 6.43. The molecule has 1 aromatic carbocycles. The molecule has 4 rings (SSSR count). The van der Waals surface area contributed by atoms with Gasteiger partial charge in [0.1, 0.15) is 16.9 Å². The van der Waals surface area contributed by atoms with E-state index in [9.17, 15) is 19.8 Å². The maximum Gasteiger partial charge on any atom is 0.350 e. The number of carboxylic acids is 1. The summed E-state index contributed by atoms with van der Waals surface area (Å²) < 4.78 is 5.08. The number of hydrogen-bond acceptors (Lipinski definition) is 10. The molecule has 3 aromatic rings. The quantitative estimate of drug-likeness (QED) is 0.425. The van der Waals surface area contributed by atoms with E-state index in [-0.39, 0.29) is 18.1 Å². The number of carboxylic acid groups (broad SMARTS) is 1. The van der Waals surface area contributed by atoms with Gasteiger partial charge in [-0.2, -0.15) is 4.98 Å². The first-order valence-electron chi connectivity index (χ1n) is 10.9. The van der Waals surface area contributed by atoms with Crippen LogP contribution in [-0.4, -0.2) is 56.5 Å². The molecule has 1 atom stereocenters. The number of rotatable bonds is 7. The Morgan fingerprint density at radius 2 is 1.97 bits per heavy atom. The van der Waals surface area contributed by atoms with Crippen molar-refractivity contribution in [3.8, 4) is 11.3 Å². The van der Waals surface area contributed by atoms with Crippen molar-refractivity contribution in [2.75, 3.05) is 23.4 Å². The van der Waals surface area contributed by atoms with Crippen LogP contribution in [-0.2, 0) is 4.74 Å². The number of piperidine rings is 1. The summed E-state index contributed by atoms with van der Waals surface area (Å²) in [6.07, 6.45) is 1.86. The van der Waals surface area contributed by atoms with Crippen LogP contribution in [0.5, 0.6) is 0 Å². The summed E-state index contributed by atoms with van der Waals surface area (Å²) in [7, 11) is 0. The molecular formula is C23H25N5O5S. The zero-order valence-electron chi connectivity index (χ0n) is 18.8. The van der Waals surface area contributed by atoms with Crippen LogP contribution in [0.25, 0.3) is 11.3 Å². The molecule has 3 heterocycles. The lowest BCUT2D eigenvalue weighted by molar-refractivity contribution is 0.0530. The van der Waals surface area contributed by atoms with Crippen molar-refractivity contribution >= 4 is 40.2 Å². The summed E-state index contributed by atoms with van der Waals surface area (Å²) in [5.74, 6) is -0.654. The van der Waals surface area contributed by atoms with Gasteiger partial charge in [-0.1, -0.05) is 23.5 Å². The number of carbonyl (C=O) groups is 2. The smallest absolute Gasteiger partial charge is 0.350 e. The van der Waals surface area contributed by atoms with E-state index >= 15 is 0 Å². The average Bonchev–Trinajstić information content (AvgIpc) is 3.19. The van der Waals surface area contributed by atoms with E-state index in [0.717, 1.165) is 24.2 Å². The lowest BCUT2D eigenvalue weighted by atomic mass is 10.1. The molecule has 178 valence electrons. The number of aliphatic hydroxyl groups excluding tert-OH is 1. The van der Waals surface area contributed by atoms with Gasteiger partial charge in [0.15, 0.2) is 5.13 Å². The summed E-state index contributed by atoms with van der Waals surface area (Å²) in [6.45, 7) is 4.39. The Morgan fingerprint density at radius 1 is 1.21 bits per heavy atom. The lowest BCUT2D eigenvalue weighted by Crippen LogP contribution is -2.40. The predicted octanol–water partition coefficient (Wildman–Crippen LogP) is 3.84. The topological polar surface area (TPSA) is 138 Å². The monoisotopic (exact) mass is 483 g/mol. The summed E-state index contributed by atoms with van der Waals surface area (Å²) >= 11 is 1.15. The molecule has 0 saturated carbocycles. The number of aryl methyl sites for hydroxylation is 1. The molecule has 0 aliphatic carbocycles. The van der Waals surface area contributed by atoms with E-state index in [4.69, 9.17) is 4.74 Å². The number of hydrogen-bond donors (Lipinski definition) is 3. The van der Waals surface area contributed by atoms with Crippen LogP contribution in [0.15, 0.2) is 30.3 Å². The molecule has 10 nitrogen and oxygen atoms in total. The number of ether oxygens (including phenoxy) is 1. The van der Waals surface area contributed by atoms with Crippen LogP contribution >= 0.6 is 11.3 Å². The number of aromatic nitrogens is 3. The summed E-state index contributed by atoms with van der Waals surface area (Å²) in [6, 6.07) is 8.15. The number of carbonyl (C=O) groups excluding carboxylic acids is 1. The highest BCUT2D eigenvalue weighted by molar-refractivity contribution is 7.17. The van der Waals surface area contributed by atoms with Crippen molar-refractivity contribution in [2.24, 2.45) is 0 Å². The van der Waals surface area contributed by atoms with Gasteiger partial charge in [-0.15, -0.1) is 0 Å². The van der Waals surface area contributed by atoms with E-state index in [1.54, 1.807) is 32.0 Å². The van der Waals surface area contributed by atoms with E-state index in [2.05, 4.69) is 20.3 Å². The van der Waals surface area contributed by atoms with Gasteiger partial charge in [0, 0.05) is 18.2 Å². The fraction of sp³-hybridized carbons (Fsp3) is 0.348. The van der Waals surface area contributed by atoms with Crippen LogP contribution in [0.3, 0.4) is 0 Å². The van der Waals surface area contributed by atoms with Crippen LogP contribution in [0.1, 0.15) is 51.9 Å². The number of esters is 1. The number of nitrogens with one attached hydrogen (secondary N) is 1. The Hall–Kier alpha value is -3.57. The van der Waals surface area contributed by atoms with Gasteiger partial charge in [0.2, 0.25) is 5.95 Å². The molecule has 0 amide bonds. The molecule has 34 heavy (non-hydrogen) atoms. The summed E-state index contributed by atoms with van der Waals surface area (Å²) in [4.78, 5) is 39.2. The zero-order valence-corrected chi connectivity index (χ0v) is 19.6. The van der Waals surface area contributed by atoms with Gasteiger partial charge in [0.25, 0.3) is 0 Å². The van der Waals surface area contributed by atoms with E-state index in [1.165, 1.54) is 12.1 Å². The summed E-state index contributed by atoms with van der Waals surface area (Å²) in [5.41, 5.74) is 1.97. The van der Waals surface area contributed by atoms with Gasteiger partial charge < -0.3 is 19.8 Å². The van der Waals surface area contributed by atoms with Gasteiger partial charge in [-0.05, 0) is 45.2 Å². The molecule has 2 aromatic heterocycles. The Kier molecular flexibility index (Phi) is 7.03. The van der Waals surface area contributed by atoms with E-state index < -0.39 is 18.2 Å². The largest absolute Gasteiger partial charge is 0.478 e. The van der Waals surface area contributed by atoms with E-state index in [1.807, 2.05) is 4.90 Å². The second-order valence-electron chi connectivity index (χ2n) is 7.77. The van der Waals surface area contributed by atoms with Gasteiger partial charge in [-0.3, -0.25) is 5.32 Å². The van der Waals surface area contributed by atoms with Crippen molar-refractivity contribution in [2.45, 2.75) is 39.3 Å². The highest BCUT2D eigenvalue weighted by Gasteiger charge is 2.23. The second kappa shape index (κ2) is 10.1. The first-order valence-corrected chi connectivity index (χ1v) is 11.8. The zero-order chi connectivity index (χ0) is 24.2. The molecule has 1 fully saturated rings. The normalized spacial score (nSPS) is 15.7. The van der Waals surface area contributed by atoms with Crippen molar-refractivity contribution in [3.05, 3.63) is 46.5 Å². The minimum atomic E-state index is -1.01. The Morgan fingerprint density at radius 3 is 2.65 bits per heavy atom. The van der Waals surface area contributed by atoms with Gasteiger partial charge >= 0.3 is 11.9 Å². The van der Waals surface area contributed by atoms with Gasteiger partial charge in [-0.25, -0.2) is 19.6 Å². The molecule has 1 saturated heterocycles. The standard InChI is InChI=1S/C23H25N5O5S/c1-3-33-21(32)19-13(2)24-23(34-19)27-22-25-16(14-7-9-15(10-8-14)20(30)31)12-17(26-22)28-11-5-4-6-18(28)29/h7-10,12,18,29H,3-6,11H2,1-2H3,(H,30,31)(H,24,25,26,27). The number of benzene rings is 1. The Bertz CT molecular complexity index is 1200. The minimum Gasteiger partial charge on any atom is -0.478 e. The number of anilines is 3. The van der Waals surface area contributed by atoms with Crippen molar-refractivity contribution in [1.82, 2.24) is 15.0 Å². The molecule has 11 heteroatoms. The molecule has 1 unspecified atom stereocenters. The number of nitrogens with zero attached hydrogens (tertiary/aromatic N) is 4. The molecule has 0 spiro atoms. The van der Waals surface area contributed by atoms with Crippen LogP contribution in [0.4, 0.5) is 16.9 Å². The van der Waals surface area contributed by atoms with E-state index in [0.29, 0.717) is 45.7 Å². The fourth-order valence-electron chi connectivity index (χ4n) is 3.68. The van der Waals surface area contributed by atoms with Crippen molar-refractivity contribution in [3.63, 3.8) is 0 Å². The predicted molar refractivity (Wildman–Crippen MR) is 128 cm³/mol. The van der Waals surface area contributed by atoms with Crippen LogP contribution < -0.4 is 10.2 Å². The molecule has 0 bridgehead atoms. The highest BCUT2D eigenvalue weighted by Crippen LogP contribution is 2.30. The highest BCUT2D eigenvalue weighted by atomic mass is 32.1. The van der Waals surface area contributed by atoms with Crippen molar-refractivity contribution in [1.29, 1.82) is 0 Å². The van der Waals surface area contributed by atoms with Crippen molar-refractivity contribution < 1.29 is 24.5 Å².